The first-order valence-corrected chi connectivity index (χ1v) is 6.04. The molecule has 1 aromatic rings. The topological polar surface area (TPSA) is 40.5 Å². The fourth-order valence-corrected chi connectivity index (χ4v) is 3.13. The van der Waals surface area contributed by atoms with E-state index in [0.29, 0.717) is 22.7 Å². The summed E-state index contributed by atoms with van der Waals surface area (Å²) in [7, 11) is 0. The predicted octanol–water partition coefficient (Wildman–Crippen LogP) is 2.52. The van der Waals surface area contributed by atoms with E-state index >= 15 is 0 Å². The molecule has 2 rings (SSSR count). The van der Waals surface area contributed by atoms with Gasteiger partial charge in [0.05, 0.1) is 10.4 Å². The van der Waals surface area contributed by atoms with Crippen LogP contribution in [0.3, 0.4) is 0 Å². The molecule has 2 nitrogen and oxygen atoms in total. The molecule has 4 heteroatoms. The van der Waals surface area contributed by atoms with Crippen molar-refractivity contribution in [2.75, 3.05) is 0 Å². The van der Waals surface area contributed by atoms with Gasteiger partial charge in [0.25, 0.3) is 0 Å². The lowest BCUT2D eigenvalue weighted by atomic mass is 9.78. The van der Waals surface area contributed by atoms with E-state index in [0.717, 1.165) is 12.8 Å². The van der Waals surface area contributed by atoms with Gasteiger partial charge in [-0.2, -0.15) is 0 Å². The molecule has 0 saturated heterocycles. The highest BCUT2D eigenvalue weighted by atomic mass is 35.5. The van der Waals surface area contributed by atoms with Gasteiger partial charge in [-0.25, -0.2) is 0 Å². The molecule has 0 aromatic carbocycles. The van der Waals surface area contributed by atoms with E-state index in [4.69, 9.17) is 11.6 Å². The van der Waals surface area contributed by atoms with Gasteiger partial charge >= 0.3 is 0 Å². The van der Waals surface area contributed by atoms with Crippen LogP contribution in [0.25, 0.3) is 0 Å². The minimum Gasteiger partial charge on any atom is -0.390 e. The van der Waals surface area contributed by atoms with Gasteiger partial charge in [0.15, 0.2) is 0 Å². The van der Waals surface area contributed by atoms with Crippen molar-refractivity contribution in [2.45, 2.75) is 37.4 Å². The second-order valence-corrected chi connectivity index (χ2v) is 5.31. The van der Waals surface area contributed by atoms with Gasteiger partial charge in [0.2, 0.25) is 0 Å². The van der Waals surface area contributed by atoms with Crippen molar-refractivity contribution < 1.29 is 10.2 Å². The monoisotopic (exact) mass is 232 g/mol. The minimum atomic E-state index is -1.12. The lowest BCUT2D eigenvalue weighted by molar-refractivity contribution is -0.105. The van der Waals surface area contributed by atoms with Crippen molar-refractivity contribution in [3.8, 4) is 0 Å². The number of hydrogen-bond acceptors (Lipinski definition) is 3. The highest BCUT2D eigenvalue weighted by Gasteiger charge is 2.41. The van der Waals surface area contributed by atoms with Crippen LogP contribution in [0.15, 0.2) is 11.4 Å². The standard InChI is InChI=1S/C10H13ClO2S/c11-9-7(4-6-14-9)10(13)5-2-1-3-8(10)12/h4,6,8,12-13H,1-3,5H2/t8-,10-/m1/s1. The maximum atomic E-state index is 10.4. The Kier molecular flexibility index (Phi) is 2.84. The molecule has 78 valence electrons. The summed E-state index contributed by atoms with van der Waals surface area (Å²) in [6.45, 7) is 0. The van der Waals surface area contributed by atoms with E-state index in [2.05, 4.69) is 0 Å². The van der Waals surface area contributed by atoms with Gasteiger partial charge < -0.3 is 10.2 Å². The minimum absolute atomic E-state index is 0.591. The van der Waals surface area contributed by atoms with E-state index in [1.54, 1.807) is 0 Å². The summed E-state index contributed by atoms with van der Waals surface area (Å²) in [5.74, 6) is 0. The molecule has 1 aromatic heterocycles. The Hall–Kier alpha value is -0.0900. The molecule has 1 aliphatic carbocycles. The first kappa shape index (κ1) is 10.4. The number of thiophene rings is 1. The van der Waals surface area contributed by atoms with Crippen molar-refractivity contribution in [3.63, 3.8) is 0 Å². The summed E-state index contributed by atoms with van der Waals surface area (Å²) in [4.78, 5) is 0. The van der Waals surface area contributed by atoms with Gasteiger partial charge in [0, 0.05) is 5.56 Å². The zero-order chi connectivity index (χ0) is 10.2. The molecule has 0 radical (unpaired) electrons. The van der Waals surface area contributed by atoms with E-state index in [9.17, 15) is 10.2 Å². The Labute approximate surface area is 92.1 Å². The molecule has 0 amide bonds. The Morgan fingerprint density at radius 3 is 2.86 bits per heavy atom. The van der Waals surface area contributed by atoms with Crippen LogP contribution in [0.4, 0.5) is 0 Å². The zero-order valence-electron chi connectivity index (χ0n) is 7.74. The SMILES string of the molecule is O[C@@H]1CCCC[C@@]1(O)c1ccsc1Cl. The lowest BCUT2D eigenvalue weighted by Crippen LogP contribution is -2.41. The lowest BCUT2D eigenvalue weighted by Gasteiger charge is -2.36. The second-order valence-electron chi connectivity index (χ2n) is 3.79. The predicted molar refractivity (Wildman–Crippen MR) is 57.7 cm³/mol. The average Bonchev–Trinajstić information content (AvgIpc) is 2.57. The van der Waals surface area contributed by atoms with Gasteiger partial charge in [-0.3, -0.25) is 0 Å². The molecule has 0 spiro atoms. The van der Waals surface area contributed by atoms with Crippen LogP contribution in [-0.4, -0.2) is 16.3 Å². The molecule has 1 aliphatic rings. The Balaban J connectivity index is 2.34. The molecule has 14 heavy (non-hydrogen) atoms. The van der Waals surface area contributed by atoms with Crippen LogP contribution in [-0.2, 0) is 5.60 Å². The molecule has 1 saturated carbocycles. The number of rotatable bonds is 1. The highest BCUT2D eigenvalue weighted by Crippen LogP contribution is 2.42. The Morgan fingerprint density at radius 1 is 1.50 bits per heavy atom. The fourth-order valence-electron chi connectivity index (χ4n) is 2.06. The summed E-state index contributed by atoms with van der Waals surface area (Å²) >= 11 is 7.37. The molecular formula is C10H13ClO2S. The third-order valence-corrected chi connectivity index (χ3v) is 4.09. The van der Waals surface area contributed by atoms with Crippen molar-refractivity contribution in [3.05, 3.63) is 21.3 Å². The van der Waals surface area contributed by atoms with Crippen LogP contribution < -0.4 is 0 Å². The van der Waals surface area contributed by atoms with E-state index in [1.165, 1.54) is 11.3 Å². The Bertz CT molecular complexity index is 326. The van der Waals surface area contributed by atoms with Gasteiger partial charge in [0.1, 0.15) is 5.60 Å². The van der Waals surface area contributed by atoms with Gasteiger partial charge in [-0.05, 0) is 24.3 Å². The number of aliphatic hydroxyl groups excluding tert-OH is 1. The molecule has 1 heterocycles. The number of halogens is 1. The normalized spacial score (nSPS) is 33.2. The maximum absolute atomic E-state index is 10.4. The van der Waals surface area contributed by atoms with Crippen molar-refractivity contribution >= 4 is 22.9 Å². The summed E-state index contributed by atoms with van der Waals surface area (Å²) in [5, 5.41) is 22.0. The molecule has 0 aliphatic heterocycles. The van der Waals surface area contributed by atoms with Gasteiger partial charge in [-0.15, -0.1) is 11.3 Å². The molecule has 2 atom stereocenters. The average molecular weight is 233 g/mol. The van der Waals surface area contributed by atoms with Crippen LogP contribution in [0.1, 0.15) is 31.2 Å². The van der Waals surface area contributed by atoms with Gasteiger partial charge in [-0.1, -0.05) is 24.4 Å². The summed E-state index contributed by atoms with van der Waals surface area (Å²) in [5.41, 5.74) is -0.425. The smallest absolute Gasteiger partial charge is 0.118 e. The molecule has 0 unspecified atom stereocenters. The largest absolute Gasteiger partial charge is 0.390 e. The Morgan fingerprint density at radius 2 is 2.29 bits per heavy atom. The number of aliphatic hydroxyl groups is 2. The van der Waals surface area contributed by atoms with E-state index in [1.807, 2.05) is 11.4 Å². The first-order chi connectivity index (χ1) is 6.64. The molecule has 0 bridgehead atoms. The van der Waals surface area contributed by atoms with Crippen LogP contribution >= 0.6 is 22.9 Å². The van der Waals surface area contributed by atoms with Crippen LogP contribution in [0, 0.1) is 0 Å². The quantitative estimate of drug-likeness (QED) is 0.781. The van der Waals surface area contributed by atoms with Crippen LogP contribution in [0.5, 0.6) is 0 Å². The van der Waals surface area contributed by atoms with Crippen molar-refractivity contribution in [2.24, 2.45) is 0 Å². The maximum Gasteiger partial charge on any atom is 0.118 e. The second kappa shape index (κ2) is 3.81. The van der Waals surface area contributed by atoms with Crippen molar-refractivity contribution in [1.82, 2.24) is 0 Å². The third-order valence-electron chi connectivity index (χ3n) is 2.92. The van der Waals surface area contributed by atoms with E-state index < -0.39 is 11.7 Å². The van der Waals surface area contributed by atoms with Crippen molar-refractivity contribution in [1.29, 1.82) is 0 Å². The first-order valence-electron chi connectivity index (χ1n) is 4.78. The zero-order valence-corrected chi connectivity index (χ0v) is 9.31. The molecular weight excluding hydrogens is 220 g/mol. The van der Waals surface area contributed by atoms with Crippen LogP contribution in [0.2, 0.25) is 4.34 Å². The highest BCUT2D eigenvalue weighted by molar-refractivity contribution is 7.14. The summed E-state index contributed by atoms with van der Waals surface area (Å²) < 4.78 is 0.591. The summed E-state index contributed by atoms with van der Waals surface area (Å²) in [6, 6.07) is 1.81. The van der Waals surface area contributed by atoms with E-state index in [-0.39, 0.29) is 0 Å². The number of hydrogen-bond donors (Lipinski definition) is 2. The summed E-state index contributed by atoms with van der Waals surface area (Å²) in [6.07, 6.45) is 2.50. The fraction of sp³-hybridized carbons (Fsp3) is 0.600. The molecule has 2 N–H and O–H groups in total. The third kappa shape index (κ3) is 1.58. The molecule has 1 fully saturated rings.